The number of hydrogen-bond donors (Lipinski definition) is 1. The highest BCUT2D eigenvalue weighted by atomic mass is 16.5. The minimum Gasteiger partial charge on any atom is -0.508 e. The minimum atomic E-state index is -0.191. The summed E-state index contributed by atoms with van der Waals surface area (Å²) in [6.07, 6.45) is 0. The van der Waals surface area contributed by atoms with Crippen molar-refractivity contribution in [2.24, 2.45) is 0 Å². The molecule has 0 amide bonds. The maximum absolute atomic E-state index is 12.7. The van der Waals surface area contributed by atoms with Gasteiger partial charge in [0.25, 0.3) is 0 Å². The monoisotopic (exact) mass is 286 g/mol. The van der Waals surface area contributed by atoms with E-state index in [4.69, 9.17) is 13.9 Å². The van der Waals surface area contributed by atoms with Gasteiger partial charge >= 0.3 is 0 Å². The third-order valence-corrected chi connectivity index (χ3v) is 3.45. The molecule has 0 saturated carbocycles. The third kappa shape index (κ3) is 1.98. The fraction of sp³-hybridized carbons (Fsp3) is 0.188. The van der Waals surface area contributed by atoms with Crippen LogP contribution in [-0.4, -0.2) is 19.3 Å². The second kappa shape index (κ2) is 4.70. The lowest BCUT2D eigenvalue weighted by molar-refractivity contribution is 0.411. The number of aromatic hydroxyl groups is 1. The van der Waals surface area contributed by atoms with Crippen LogP contribution in [0.15, 0.2) is 33.5 Å². The fourth-order valence-corrected chi connectivity index (χ4v) is 2.50. The summed E-state index contributed by atoms with van der Waals surface area (Å²) >= 11 is 0. The zero-order valence-electron chi connectivity index (χ0n) is 11.9. The topological polar surface area (TPSA) is 68.9 Å². The molecule has 0 fully saturated rings. The van der Waals surface area contributed by atoms with E-state index in [2.05, 4.69) is 0 Å². The number of ether oxygens (including phenoxy) is 2. The molecule has 108 valence electrons. The first-order chi connectivity index (χ1) is 10.0. The van der Waals surface area contributed by atoms with E-state index in [1.807, 2.05) is 6.92 Å². The van der Waals surface area contributed by atoms with Gasteiger partial charge in [-0.25, -0.2) is 0 Å². The van der Waals surface area contributed by atoms with Crippen molar-refractivity contribution in [1.82, 2.24) is 0 Å². The van der Waals surface area contributed by atoms with Crippen LogP contribution in [0.1, 0.15) is 5.56 Å². The van der Waals surface area contributed by atoms with Gasteiger partial charge in [0.05, 0.1) is 19.6 Å². The van der Waals surface area contributed by atoms with Crippen molar-refractivity contribution < 1.29 is 19.0 Å². The highest BCUT2D eigenvalue weighted by Gasteiger charge is 2.16. The van der Waals surface area contributed by atoms with E-state index in [0.29, 0.717) is 22.1 Å². The van der Waals surface area contributed by atoms with Crippen molar-refractivity contribution in [2.75, 3.05) is 14.2 Å². The highest BCUT2D eigenvalue weighted by Crippen LogP contribution is 2.32. The summed E-state index contributed by atoms with van der Waals surface area (Å²) in [5.74, 6) is 0.868. The molecule has 5 nitrogen and oxygen atoms in total. The zero-order chi connectivity index (χ0) is 15.1. The van der Waals surface area contributed by atoms with Gasteiger partial charge in [-0.3, -0.25) is 4.79 Å². The van der Waals surface area contributed by atoms with Gasteiger partial charge in [-0.1, -0.05) is 0 Å². The van der Waals surface area contributed by atoms with Gasteiger partial charge < -0.3 is 19.0 Å². The van der Waals surface area contributed by atoms with E-state index in [-0.39, 0.29) is 22.5 Å². The second-order valence-electron chi connectivity index (χ2n) is 4.77. The molecule has 0 unspecified atom stereocenters. The number of aryl methyl sites for hydroxylation is 1. The number of phenolic OH excluding ortho intramolecular Hbond substituents is 1. The molecular formula is C16H14O5. The van der Waals surface area contributed by atoms with Gasteiger partial charge in [0.1, 0.15) is 33.8 Å². The summed E-state index contributed by atoms with van der Waals surface area (Å²) in [4.78, 5) is 12.7. The lowest BCUT2D eigenvalue weighted by atomic mass is 10.1. The van der Waals surface area contributed by atoms with Gasteiger partial charge in [-0.05, 0) is 18.6 Å². The molecule has 3 rings (SSSR count). The van der Waals surface area contributed by atoms with E-state index in [9.17, 15) is 9.90 Å². The number of phenols is 1. The van der Waals surface area contributed by atoms with E-state index in [0.717, 1.165) is 5.56 Å². The summed E-state index contributed by atoms with van der Waals surface area (Å²) in [6, 6.07) is 6.22. The molecule has 1 aromatic heterocycles. The van der Waals surface area contributed by atoms with Crippen LogP contribution in [0.4, 0.5) is 0 Å². The van der Waals surface area contributed by atoms with Crippen molar-refractivity contribution in [2.45, 2.75) is 6.92 Å². The molecule has 0 atom stereocenters. The summed E-state index contributed by atoms with van der Waals surface area (Å²) in [7, 11) is 2.99. The Morgan fingerprint density at radius 1 is 1.00 bits per heavy atom. The molecule has 1 heterocycles. The molecule has 21 heavy (non-hydrogen) atoms. The molecule has 0 saturated heterocycles. The largest absolute Gasteiger partial charge is 0.508 e. The van der Waals surface area contributed by atoms with Gasteiger partial charge in [0.15, 0.2) is 0 Å². The Labute approximate surface area is 120 Å². The maximum Gasteiger partial charge on any atom is 0.204 e. The highest BCUT2D eigenvalue weighted by molar-refractivity contribution is 5.95. The SMILES string of the molecule is COc1cc(C)c2c(=O)c3c(OC)cc(O)cc3oc2c1. The molecule has 0 aliphatic rings. The van der Waals surface area contributed by atoms with Gasteiger partial charge in [-0.2, -0.15) is 0 Å². The molecule has 0 bridgehead atoms. The van der Waals surface area contributed by atoms with E-state index in [1.54, 1.807) is 19.2 Å². The van der Waals surface area contributed by atoms with Crippen LogP contribution in [0.3, 0.4) is 0 Å². The van der Waals surface area contributed by atoms with Crippen molar-refractivity contribution in [1.29, 1.82) is 0 Å². The van der Waals surface area contributed by atoms with E-state index < -0.39 is 0 Å². The normalized spacial score (nSPS) is 11.0. The van der Waals surface area contributed by atoms with Crippen LogP contribution in [0.2, 0.25) is 0 Å². The molecule has 0 aliphatic carbocycles. The predicted molar refractivity (Wildman–Crippen MR) is 79.5 cm³/mol. The van der Waals surface area contributed by atoms with E-state index in [1.165, 1.54) is 19.2 Å². The summed E-state index contributed by atoms with van der Waals surface area (Å²) in [6.45, 7) is 1.82. The number of hydrogen-bond acceptors (Lipinski definition) is 5. The van der Waals surface area contributed by atoms with Crippen LogP contribution >= 0.6 is 0 Å². The molecule has 3 aromatic rings. The minimum absolute atomic E-state index is 0.0264. The van der Waals surface area contributed by atoms with Crippen LogP contribution in [0.25, 0.3) is 21.9 Å². The Balaban J connectivity index is 2.55. The van der Waals surface area contributed by atoms with Crippen LogP contribution in [0, 0.1) is 6.92 Å². The fourth-order valence-electron chi connectivity index (χ4n) is 2.50. The molecule has 5 heteroatoms. The number of benzene rings is 2. The number of methoxy groups -OCH3 is 2. The van der Waals surface area contributed by atoms with Gasteiger partial charge in [0.2, 0.25) is 5.43 Å². The lowest BCUT2D eigenvalue weighted by Gasteiger charge is -2.09. The first-order valence-corrected chi connectivity index (χ1v) is 6.37. The Bertz CT molecular complexity index is 907. The first kappa shape index (κ1) is 13.3. The van der Waals surface area contributed by atoms with Crippen LogP contribution < -0.4 is 14.9 Å². The molecule has 0 aliphatic heterocycles. The lowest BCUT2D eigenvalue weighted by Crippen LogP contribution is -2.06. The molecule has 0 radical (unpaired) electrons. The quantitative estimate of drug-likeness (QED) is 0.733. The van der Waals surface area contributed by atoms with E-state index >= 15 is 0 Å². The number of fused-ring (bicyclic) bond motifs is 2. The Morgan fingerprint density at radius 2 is 1.71 bits per heavy atom. The van der Waals surface area contributed by atoms with Crippen molar-refractivity contribution in [3.05, 3.63) is 40.1 Å². The van der Waals surface area contributed by atoms with Crippen LogP contribution in [0.5, 0.6) is 17.2 Å². The predicted octanol–water partition coefficient (Wildman–Crippen LogP) is 2.98. The van der Waals surface area contributed by atoms with Crippen LogP contribution in [-0.2, 0) is 0 Å². The van der Waals surface area contributed by atoms with Crippen molar-refractivity contribution in [3.63, 3.8) is 0 Å². The first-order valence-electron chi connectivity index (χ1n) is 6.37. The second-order valence-corrected chi connectivity index (χ2v) is 4.77. The smallest absolute Gasteiger partial charge is 0.204 e. The Kier molecular flexibility index (Phi) is 2.97. The average molecular weight is 286 g/mol. The third-order valence-electron chi connectivity index (χ3n) is 3.45. The Morgan fingerprint density at radius 3 is 2.38 bits per heavy atom. The molecule has 0 spiro atoms. The molecular weight excluding hydrogens is 272 g/mol. The zero-order valence-corrected chi connectivity index (χ0v) is 11.9. The van der Waals surface area contributed by atoms with Gasteiger partial charge in [-0.15, -0.1) is 0 Å². The maximum atomic E-state index is 12.7. The average Bonchev–Trinajstić information content (AvgIpc) is 2.45. The van der Waals surface area contributed by atoms with Crippen molar-refractivity contribution in [3.8, 4) is 17.2 Å². The van der Waals surface area contributed by atoms with Gasteiger partial charge in [0, 0.05) is 18.2 Å². The molecule has 2 aromatic carbocycles. The standard InChI is InChI=1S/C16H14O5/c1-8-4-10(19-2)7-13-14(8)16(18)15-11(20-3)5-9(17)6-12(15)21-13/h4-7,17H,1-3H3. The Hall–Kier alpha value is -2.69. The summed E-state index contributed by atoms with van der Waals surface area (Å²) in [5, 5.41) is 10.5. The number of rotatable bonds is 2. The molecule has 1 N–H and O–H groups in total. The van der Waals surface area contributed by atoms with Crippen molar-refractivity contribution >= 4 is 21.9 Å². The summed E-state index contributed by atoms with van der Waals surface area (Å²) in [5.41, 5.74) is 1.26. The summed E-state index contributed by atoms with van der Waals surface area (Å²) < 4.78 is 16.1.